The smallest absolute Gasteiger partial charge is 0.321 e. The number of rotatable bonds is 9. The molecule has 0 bridgehead atoms. The molecule has 4 N–H and O–H groups in total. The van der Waals surface area contributed by atoms with Gasteiger partial charge in [-0.15, -0.1) is 0 Å². The largest absolute Gasteiger partial charge is 0.356 e. The number of hydrogen-bond acceptors (Lipinski definition) is 2. The second kappa shape index (κ2) is 16.9. The summed E-state index contributed by atoms with van der Waals surface area (Å²) in [6.07, 6.45) is 0. The van der Waals surface area contributed by atoms with Crippen LogP contribution in [-0.2, 0) is 9.13 Å². The van der Waals surface area contributed by atoms with E-state index in [9.17, 15) is 28.7 Å². The fourth-order valence-corrected chi connectivity index (χ4v) is 16.8. The topological polar surface area (TPSA) is 115 Å². The van der Waals surface area contributed by atoms with E-state index < -0.39 is 31.0 Å². The van der Waals surface area contributed by atoms with Crippen molar-refractivity contribution < 1.29 is 28.7 Å². The number of benzene rings is 8. The molecule has 0 unspecified atom stereocenters. The van der Waals surface area contributed by atoms with Crippen LogP contribution in [-0.4, -0.2) is 19.6 Å². The quantitative estimate of drug-likeness (QED) is 0.108. The summed E-state index contributed by atoms with van der Waals surface area (Å²) in [6.45, 7) is 16.6. The fraction of sp³-hybridized carbons (Fsp3) is 0.154. The van der Waals surface area contributed by atoms with Gasteiger partial charge in [-0.2, -0.15) is 0 Å². The van der Waals surface area contributed by atoms with Crippen molar-refractivity contribution in [2.45, 2.75) is 55.4 Å². The lowest BCUT2D eigenvalue weighted by Gasteiger charge is -2.31. The number of fused-ring (bicyclic) bond motifs is 2. The second-order valence-electron chi connectivity index (χ2n) is 16.8. The molecule has 8 aromatic rings. The van der Waals surface area contributed by atoms with Crippen molar-refractivity contribution >= 4 is 95.0 Å². The van der Waals surface area contributed by atoms with Crippen LogP contribution in [0.2, 0.25) is 0 Å². The summed E-state index contributed by atoms with van der Waals surface area (Å²) in [5.41, 5.74) is 10.1. The highest BCUT2D eigenvalue weighted by atomic mass is 31.2. The van der Waals surface area contributed by atoms with Gasteiger partial charge in [0.05, 0.1) is 10.6 Å². The van der Waals surface area contributed by atoms with Gasteiger partial charge in [-0.25, -0.2) is 0 Å². The van der Waals surface area contributed by atoms with Gasteiger partial charge in [-0.3, -0.25) is 9.13 Å². The Kier molecular flexibility index (Phi) is 12.0. The van der Waals surface area contributed by atoms with Gasteiger partial charge in [0, 0.05) is 0 Å². The number of aryl methyl sites for hydroxylation is 8. The highest BCUT2D eigenvalue weighted by Crippen LogP contribution is 2.49. The highest BCUT2D eigenvalue weighted by molar-refractivity contribution is 7.81. The molecule has 6 nitrogen and oxygen atoms in total. The number of hydrogen-bond donors (Lipinski definition) is 4. The summed E-state index contributed by atoms with van der Waals surface area (Å²) < 4.78 is 27.6. The van der Waals surface area contributed by atoms with Crippen LogP contribution < -0.4 is 42.4 Å². The fourth-order valence-electron chi connectivity index (χ4n) is 9.22. The van der Waals surface area contributed by atoms with Crippen LogP contribution in [0.1, 0.15) is 44.5 Å². The molecule has 0 fully saturated rings. The third kappa shape index (κ3) is 8.70. The highest BCUT2D eigenvalue weighted by Gasteiger charge is 2.35. The van der Waals surface area contributed by atoms with Crippen LogP contribution in [0.15, 0.2) is 133 Å². The molecule has 8 rings (SSSR count). The monoisotopic (exact) mass is 894 g/mol. The minimum atomic E-state index is -4.88. The van der Waals surface area contributed by atoms with Crippen LogP contribution in [0.4, 0.5) is 0 Å². The average Bonchev–Trinajstić information content (AvgIpc) is 3.15. The molecule has 0 aromatic heterocycles. The molecular weight excluding hydrogens is 844 g/mol. The van der Waals surface area contributed by atoms with Crippen LogP contribution in [0.25, 0.3) is 32.7 Å². The summed E-state index contributed by atoms with van der Waals surface area (Å²) in [4.78, 5) is 45.0. The lowest BCUT2D eigenvalue weighted by molar-refractivity contribution is 0.385. The van der Waals surface area contributed by atoms with E-state index in [2.05, 4.69) is 128 Å². The van der Waals surface area contributed by atoms with E-state index >= 15 is 0 Å². The average molecular weight is 895 g/mol. The molecule has 0 aliphatic rings. The second-order valence-corrected chi connectivity index (χ2v) is 24.3. The Hall–Kier alpha value is -4.56. The molecule has 8 aromatic carbocycles. The Morgan fingerprint density at radius 3 is 0.790 bits per heavy atom. The van der Waals surface area contributed by atoms with Gasteiger partial charge in [-0.05, 0) is 148 Å². The Morgan fingerprint density at radius 1 is 0.339 bits per heavy atom. The summed E-state index contributed by atoms with van der Waals surface area (Å²) in [5.74, 6) is 0. The van der Waals surface area contributed by atoms with Gasteiger partial charge in [0.25, 0.3) is 0 Å². The van der Waals surface area contributed by atoms with Crippen LogP contribution in [0.3, 0.4) is 0 Å². The first-order valence-electron chi connectivity index (χ1n) is 20.4. The molecule has 0 aliphatic carbocycles. The summed E-state index contributed by atoms with van der Waals surface area (Å²) in [7, 11) is -12.8. The third-order valence-corrected chi connectivity index (χ3v) is 18.0. The van der Waals surface area contributed by atoms with Gasteiger partial charge in [0.15, 0.2) is 0 Å². The molecule has 0 atom stereocenters. The molecule has 0 spiro atoms. The van der Waals surface area contributed by atoms with E-state index in [4.69, 9.17) is 0 Å². The Labute approximate surface area is 366 Å². The first kappa shape index (κ1) is 44.1. The van der Waals surface area contributed by atoms with E-state index in [0.717, 1.165) is 87.5 Å². The normalized spacial score (nSPS) is 12.3. The van der Waals surface area contributed by atoms with E-state index in [1.165, 1.54) is 0 Å². The predicted octanol–water partition coefficient (Wildman–Crippen LogP) is 9.25. The van der Waals surface area contributed by atoms with Crippen molar-refractivity contribution in [1.82, 2.24) is 0 Å². The van der Waals surface area contributed by atoms with E-state index in [-0.39, 0.29) is 10.6 Å². The molecule has 0 heterocycles. The first-order chi connectivity index (χ1) is 29.3. The maximum absolute atomic E-state index is 13.8. The van der Waals surface area contributed by atoms with Crippen LogP contribution in [0.5, 0.6) is 0 Å². The van der Waals surface area contributed by atoms with Gasteiger partial charge in [0.1, 0.15) is 0 Å². The Morgan fingerprint density at radius 2 is 0.565 bits per heavy atom. The van der Waals surface area contributed by atoms with Gasteiger partial charge >= 0.3 is 15.2 Å². The minimum absolute atomic E-state index is 0.0586. The molecule has 0 saturated heterocycles. The van der Waals surface area contributed by atoms with E-state index in [0.29, 0.717) is 21.5 Å². The molecule has 0 aliphatic heterocycles. The van der Waals surface area contributed by atoms with Crippen molar-refractivity contribution in [2.24, 2.45) is 0 Å². The maximum Gasteiger partial charge on any atom is 0.356 e. The summed E-state index contributed by atoms with van der Waals surface area (Å²) in [5, 5.41) is 7.63. The molecule has 10 heteroatoms. The summed E-state index contributed by atoms with van der Waals surface area (Å²) >= 11 is 0. The lowest BCUT2D eigenvalue weighted by atomic mass is 9.93. The van der Waals surface area contributed by atoms with Crippen molar-refractivity contribution in [1.29, 1.82) is 0 Å². The molecule has 0 radical (unpaired) electrons. The van der Waals surface area contributed by atoms with Crippen LogP contribution >= 0.6 is 31.0 Å². The van der Waals surface area contributed by atoms with Crippen LogP contribution in [0, 0.1) is 55.4 Å². The minimum Gasteiger partial charge on any atom is -0.321 e. The molecule has 314 valence electrons. The van der Waals surface area contributed by atoms with Gasteiger partial charge < -0.3 is 19.6 Å². The maximum atomic E-state index is 13.8. The SMILES string of the molecule is Cc1cc(C)cc(P(c2cc(C)cc(C)c2)c2cc(P(=O)(O)O)c3ccccc3c2-c2c(P(c3cc(C)cc(C)c3)c3cc(C)cc(C)c3)cc(P(=O)(O)O)c3ccccc23)c1. The first-order valence-corrected chi connectivity index (χ1v) is 26.3. The van der Waals surface area contributed by atoms with Crippen molar-refractivity contribution in [3.63, 3.8) is 0 Å². The molecule has 0 amide bonds. The lowest BCUT2D eigenvalue weighted by Crippen LogP contribution is -2.30. The molecule has 62 heavy (non-hydrogen) atoms. The standard InChI is InChI=1S/C52H50O6P4/c1-31-17-32(2)22-39(21-31)59(40-23-33(3)18-34(4)24-40)47-29-49(61(53,54)55)43-13-9-11-15-45(43)51(47)52-46-16-12-10-14-44(46)50(62(56,57)58)30-48(52)60(41-25-35(5)19-36(6)26-41)42-27-37(7)20-38(8)28-42/h9-30H,1-8H3,(H2,53,54,55)(H2,56,57,58). The zero-order valence-electron chi connectivity index (χ0n) is 36.1. The van der Waals surface area contributed by atoms with Gasteiger partial charge in [0.2, 0.25) is 0 Å². The van der Waals surface area contributed by atoms with E-state index in [1.807, 2.05) is 24.3 Å². The zero-order valence-corrected chi connectivity index (χ0v) is 39.7. The Bertz CT molecular complexity index is 2800. The third-order valence-electron chi connectivity index (χ3n) is 11.2. The van der Waals surface area contributed by atoms with Gasteiger partial charge in [-0.1, -0.05) is 166 Å². The molecular formula is C52H50O6P4. The van der Waals surface area contributed by atoms with Crippen molar-refractivity contribution in [3.8, 4) is 11.1 Å². The predicted molar refractivity (Wildman–Crippen MR) is 266 cm³/mol. The summed E-state index contributed by atoms with van der Waals surface area (Å²) in [6, 6.07) is 44.3. The van der Waals surface area contributed by atoms with E-state index in [1.54, 1.807) is 36.4 Å². The Balaban J connectivity index is 1.68. The van der Waals surface area contributed by atoms with Crippen molar-refractivity contribution in [2.75, 3.05) is 0 Å². The molecule has 0 saturated carbocycles. The zero-order chi connectivity index (χ0) is 44.4. The van der Waals surface area contributed by atoms with Crippen molar-refractivity contribution in [3.05, 3.63) is 178 Å².